The molecule has 5 heteroatoms. The maximum Gasteiger partial charge on any atom is 0.149 e. The molecule has 0 aliphatic rings. The molecule has 0 radical (unpaired) electrons. The van der Waals surface area contributed by atoms with Crippen LogP contribution in [0.1, 0.15) is 5.56 Å². The summed E-state index contributed by atoms with van der Waals surface area (Å²) in [5.74, 6) is 0.741. The Morgan fingerprint density at radius 3 is 2.55 bits per heavy atom. The number of benzene rings is 1. The monoisotopic (exact) mass is 392 g/mol. The van der Waals surface area contributed by atoms with Crippen LogP contribution in [0.2, 0.25) is 0 Å². The van der Waals surface area contributed by atoms with Crippen molar-refractivity contribution < 1.29 is 4.74 Å². The molecule has 0 unspecified atom stereocenters. The van der Waals surface area contributed by atoms with Gasteiger partial charge in [-0.2, -0.15) is 0 Å². The third-order valence-corrected chi connectivity index (χ3v) is 3.78. The molecule has 1 aromatic carbocycles. The lowest BCUT2D eigenvalue weighted by atomic mass is 10.2. The number of rotatable bonds is 3. The maximum absolute atomic E-state index is 5.85. The largest absolute Gasteiger partial charge is 0.486 e. The predicted molar refractivity (Wildman–Crippen MR) is 85.7 cm³/mol. The Morgan fingerprint density at radius 2 is 1.75 bits per heavy atom. The van der Waals surface area contributed by atoms with Crippen molar-refractivity contribution in [2.24, 2.45) is 0 Å². The Hall–Kier alpha value is -1.46. The van der Waals surface area contributed by atoms with Gasteiger partial charge >= 0.3 is 0 Å². The van der Waals surface area contributed by atoms with Gasteiger partial charge in [0.2, 0.25) is 0 Å². The molecular formula is C15H10Br2N2O. The summed E-state index contributed by atoms with van der Waals surface area (Å²) >= 11 is 6.81. The van der Waals surface area contributed by atoms with E-state index >= 15 is 0 Å². The molecule has 0 spiro atoms. The maximum atomic E-state index is 5.85. The van der Waals surface area contributed by atoms with E-state index in [1.54, 1.807) is 12.4 Å². The zero-order valence-corrected chi connectivity index (χ0v) is 13.6. The van der Waals surface area contributed by atoms with Gasteiger partial charge < -0.3 is 4.74 Å². The van der Waals surface area contributed by atoms with Crippen molar-refractivity contribution in [2.75, 3.05) is 0 Å². The average Bonchev–Trinajstić information content (AvgIpc) is 2.46. The lowest BCUT2D eigenvalue weighted by Crippen LogP contribution is -1.97. The normalized spacial score (nSPS) is 10.7. The molecule has 0 saturated heterocycles. The van der Waals surface area contributed by atoms with Gasteiger partial charge in [0.1, 0.15) is 17.9 Å². The van der Waals surface area contributed by atoms with E-state index in [0.29, 0.717) is 6.61 Å². The van der Waals surface area contributed by atoms with Crippen molar-refractivity contribution in [3.63, 3.8) is 0 Å². The molecule has 20 heavy (non-hydrogen) atoms. The fourth-order valence-corrected chi connectivity index (χ4v) is 2.42. The van der Waals surface area contributed by atoms with E-state index in [-0.39, 0.29) is 0 Å². The van der Waals surface area contributed by atoms with Crippen LogP contribution in [0.3, 0.4) is 0 Å². The first-order valence-corrected chi connectivity index (χ1v) is 7.58. The van der Waals surface area contributed by atoms with Crippen LogP contribution in [-0.4, -0.2) is 9.97 Å². The van der Waals surface area contributed by atoms with Crippen LogP contribution in [0, 0.1) is 0 Å². The molecule has 3 aromatic rings. The summed E-state index contributed by atoms with van der Waals surface area (Å²) in [5.41, 5.74) is 2.69. The Labute approximate surface area is 133 Å². The molecule has 3 nitrogen and oxygen atoms in total. The van der Waals surface area contributed by atoms with E-state index in [1.165, 1.54) is 0 Å². The van der Waals surface area contributed by atoms with E-state index in [4.69, 9.17) is 4.74 Å². The van der Waals surface area contributed by atoms with E-state index in [0.717, 1.165) is 31.3 Å². The van der Waals surface area contributed by atoms with Crippen LogP contribution in [0.5, 0.6) is 5.75 Å². The number of nitrogens with zero attached hydrogens (tertiary/aromatic N) is 2. The number of halogens is 2. The second-order valence-corrected chi connectivity index (χ2v) is 6.08. The molecule has 0 atom stereocenters. The first-order chi connectivity index (χ1) is 9.72. The lowest BCUT2D eigenvalue weighted by molar-refractivity contribution is 0.309. The number of ether oxygens (including phenoxy) is 1. The Bertz CT molecular complexity index is 744. The molecule has 0 N–H and O–H groups in total. The molecule has 0 saturated carbocycles. The van der Waals surface area contributed by atoms with Gasteiger partial charge in [0.15, 0.2) is 0 Å². The first kappa shape index (κ1) is 13.5. The summed E-state index contributed by atoms with van der Waals surface area (Å²) < 4.78 is 7.81. The summed E-state index contributed by atoms with van der Waals surface area (Å²) in [5, 5.41) is 0. The minimum Gasteiger partial charge on any atom is -0.486 e. The highest BCUT2D eigenvalue weighted by Crippen LogP contribution is 2.24. The number of hydrogen-bond donors (Lipinski definition) is 0. The van der Waals surface area contributed by atoms with Gasteiger partial charge in [-0.05, 0) is 39.7 Å². The molecule has 2 aromatic heterocycles. The molecule has 0 aliphatic carbocycles. The number of hydrogen-bond acceptors (Lipinski definition) is 3. The van der Waals surface area contributed by atoms with Gasteiger partial charge in [0, 0.05) is 27.4 Å². The molecule has 0 amide bonds. The Balaban J connectivity index is 1.85. The minimum absolute atomic E-state index is 0.504. The minimum atomic E-state index is 0.504. The SMILES string of the molecule is Brc1ccc(COc2ccnc3cc(Br)cnc23)cc1. The highest BCUT2D eigenvalue weighted by atomic mass is 79.9. The fourth-order valence-electron chi connectivity index (χ4n) is 1.84. The summed E-state index contributed by atoms with van der Waals surface area (Å²) in [6, 6.07) is 11.8. The summed E-state index contributed by atoms with van der Waals surface area (Å²) in [6.45, 7) is 0.504. The molecule has 3 rings (SSSR count). The smallest absolute Gasteiger partial charge is 0.149 e. The highest BCUT2D eigenvalue weighted by molar-refractivity contribution is 9.10. The summed E-state index contributed by atoms with van der Waals surface area (Å²) in [6.07, 6.45) is 3.48. The topological polar surface area (TPSA) is 35.0 Å². The second-order valence-electron chi connectivity index (χ2n) is 4.25. The van der Waals surface area contributed by atoms with Crippen molar-refractivity contribution in [1.82, 2.24) is 9.97 Å². The fraction of sp³-hybridized carbons (Fsp3) is 0.0667. The molecular weight excluding hydrogens is 384 g/mol. The van der Waals surface area contributed by atoms with Crippen molar-refractivity contribution >= 4 is 42.9 Å². The highest BCUT2D eigenvalue weighted by Gasteiger charge is 2.05. The van der Waals surface area contributed by atoms with Crippen LogP contribution in [-0.2, 0) is 6.61 Å². The van der Waals surface area contributed by atoms with Crippen molar-refractivity contribution in [3.05, 3.63) is 63.3 Å². The van der Waals surface area contributed by atoms with Crippen molar-refractivity contribution in [1.29, 1.82) is 0 Å². The second kappa shape index (κ2) is 5.89. The standard InChI is InChI=1S/C15H10Br2N2O/c16-11-3-1-10(2-4-11)9-20-14-5-6-18-13-7-12(17)8-19-15(13)14/h1-8H,9H2. The van der Waals surface area contributed by atoms with Crippen LogP contribution in [0.15, 0.2) is 57.7 Å². The zero-order valence-electron chi connectivity index (χ0n) is 10.4. The summed E-state index contributed by atoms with van der Waals surface area (Å²) in [4.78, 5) is 8.66. The van der Waals surface area contributed by atoms with Crippen LogP contribution < -0.4 is 4.74 Å². The van der Waals surface area contributed by atoms with Gasteiger partial charge in [0.25, 0.3) is 0 Å². The van der Waals surface area contributed by atoms with Gasteiger partial charge in [0.05, 0.1) is 5.52 Å². The molecule has 0 aliphatic heterocycles. The molecule has 0 bridgehead atoms. The summed E-state index contributed by atoms with van der Waals surface area (Å²) in [7, 11) is 0. The van der Waals surface area contributed by atoms with E-state index in [1.807, 2.05) is 36.4 Å². The lowest BCUT2D eigenvalue weighted by Gasteiger charge is -2.08. The third-order valence-electron chi connectivity index (χ3n) is 2.81. The average molecular weight is 394 g/mol. The Morgan fingerprint density at radius 1 is 0.950 bits per heavy atom. The van der Waals surface area contributed by atoms with Crippen LogP contribution in [0.4, 0.5) is 0 Å². The van der Waals surface area contributed by atoms with Crippen LogP contribution in [0.25, 0.3) is 11.0 Å². The van der Waals surface area contributed by atoms with Gasteiger partial charge in [-0.15, -0.1) is 0 Å². The predicted octanol–water partition coefficient (Wildman–Crippen LogP) is 4.73. The third kappa shape index (κ3) is 2.99. The van der Waals surface area contributed by atoms with Crippen molar-refractivity contribution in [2.45, 2.75) is 6.61 Å². The van der Waals surface area contributed by atoms with E-state index in [2.05, 4.69) is 41.8 Å². The van der Waals surface area contributed by atoms with Gasteiger partial charge in [-0.3, -0.25) is 4.98 Å². The van der Waals surface area contributed by atoms with Crippen molar-refractivity contribution in [3.8, 4) is 5.75 Å². The molecule has 0 fully saturated rings. The van der Waals surface area contributed by atoms with E-state index < -0.39 is 0 Å². The number of pyridine rings is 2. The van der Waals surface area contributed by atoms with Crippen LogP contribution >= 0.6 is 31.9 Å². The quantitative estimate of drug-likeness (QED) is 0.644. The molecule has 2 heterocycles. The van der Waals surface area contributed by atoms with Gasteiger partial charge in [-0.1, -0.05) is 28.1 Å². The molecule has 100 valence electrons. The van der Waals surface area contributed by atoms with Gasteiger partial charge in [-0.25, -0.2) is 4.98 Å². The van der Waals surface area contributed by atoms with E-state index in [9.17, 15) is 0 Å². The Kier molecular flexibility index (Phi) is 3.98. The number of aromatic nitrogens is 2. The zero-order chi connectivity index (χ0) is 13.9. The number of fused-ring (bicyclic) bond motifs is 1. The first-order valence-electron chi connectivity index (χ1n) is 6.00.